The van der Waals surface area contributed by atoms with E-state index in [9.17, 15) is 14.7 Å². The van der Waals surface area contributed by atoms with E-state index < -0.39 is 23.7 Å². The van der Waals surface area contributed by atoms with Gasteiger partial charge in [0.25, 0.3) is 0 Å². The molecule has 19 heavy (non-hydrogen) atoms. The highest BCUT2D eigenvalue weighted by molar-refractivity contribution is 5.81. The third-order valence-corrected chi connectivity index (χ3v) is 2.28. The average molecular weight is 265 g/mol. The fourth-order valence-electron chi connectivity index (χ4n) is 1.56. The maximum Gasteiger partial charge on any atom is 0.408 e. The average Bonchev–Trinajstić information content (AvgIpc) is 2.23. The van der Waals surface area contributed by atoms with Gasteiger partial charge in [0.05, 0.1) is 0 Å². The Bertz CT molecular complexity index is 477. The molecule has 104 valence electrons. The number of benzene rings is 1. The lowest BCUT2D eigenvalue weighted by Gasteiger charge is -2.22. The molecule has 1 atom stereocenters. The maximum absolute atomic E-state index is 11.6. The lowest BCUT2D eigenvalue weighted by molar-refractivity contribution is -0.139. The van der Waals surface area contributed by atoms with Crippen molar-refractivity contribution >= 4 is 12.1 Å². The molecule has 0 saturated carbocycles. The number of carboxylic acid groups (broad SMARTS) is 1. The van der Waals surface area contributed by atoms with E-state index in [1.165, 1.54) is 0 Å². The van der Waals surface area contributed by atoms with Crippen LogP contribution in [0, 0.1) is 6.92 Å². The van der Waals surface area contributed by atoms with Gasteiger partial charge in [0.15, 0.2) is 6.04 Å². The number of carbonyl (C=O) groups is 2. The van der Waals surface area contributed by atoms with Crippen LogP contribution >= 0.6 is 0 Å². The summed E-state index contributed by atoms with van der Waals surface area (Å²) < 4.78 is 5.06. The van der Waals surface area contributed by atoms with E-state index in [2.05, 4.69) is 5.32 Å². The highest BCUT2D eigenvalue weighted by atomic mass is 16.6. The van der Waals surface area contributed by atoms with E-state index in [1.54, 1.807) is 39.0 Å². The summed E-state index contributed by atoms with van der Waals surface area (Å²) in [7, 11) is 0. The number of alkyl carbamates (subject to hydrolysis) is 1. The molecule has 0 spiro atoms. The van der Waals surface area contributed by atoms with Crippen molar-refractivity contribution in [3.05, 3.63) is 35.4 Å². The summed E-state index contributed by atoms with van der Waals surface area (Å²) in [6.07, 6.45) is -0.749. The van der Waals surface area contributed by atoms with Gasteiger partial charge in [-0.25, -0.2) is 9.59 Å². The minimum atomic E-state index is -1.13. The van der Waals surface area contributed by atoms with E-state index in [-0.39, 0.29) is 0 Å². The molecule has 2 N–H and O–H groups in total. The molecule has 1 rings (SSSR count). The van der Waals surface area contributed by atoms with Crippen LogP contribution in [0.2, 0.25) is 0 Å². The monoisotopic (exact) mass is 265 g/mol. The van der Waals surface area contributed by atoms with Gasteiger partial charge < -0.3 is 15.2 Å². The van der Waals surface area contributed by atoms with E-state index in [4.69, 9.17) is 4.74 Å². The topological polar surface area (TPSA) is 75.6 Å². The Morgan fingerprint density at radius 2 is 1.95 bits per heavy atom. The SMILES string of the molecule is Cc1cccc([C@@H](NC(=O)OC(C)(C)C)C(=O)O)c1. The molecule has 1 amide bonds. The number of carbonyl (C=O) groups excluding carboxylic acids is 1. The number of hydrogen-bond donors (Lipinski definition) is 2. The van der Waals surface area contributed by atoms with Crippen LogP contribution in [0.5, 0.6) is 0 Å². The third kappa shape index (κ3) is 4.99. The molecule has 0 radical (unpaired) electrons. The standard InChI is InChI=1S/C14H19NO4/c1-9-6-5-7-10(8-9)11(12(16)17)15-13(18)19-14(2,3)4/h5-8,11H,1-4H3,(H,15,18)(H,16,17)/t11-/m1/s1. The fourth-order valence-corrected chi connectivity index (χ4v) is 1.56. The van der Waals surface area contributed by atoms with Crippen LogP contribution in [0.25, 0.3) is 0 Å². The number of carboxylic acids is 1. The lowest BCUT2D eigenvalue weighted by atomic mass is 10.0. The van der Waals surface area contributed by atoms with Crippen molar-refractivity contribution in [2.45, 2.75) is 39.3 Å². The maximum atomic E-state index is 11.6. The fraction of sp³-hybridized carbons (Fsp3) is 0.429. The van der Waals surface area contributed by atoms with E-state index in [0.717, 1.165) is 5.56 Å². The highest BCUT2D eigenvalue weighted by Crippen LogP contribution is 2.16. The number of aliphatic carboxylic acids is 1. The Morgan fingerprint density at radius 1 is 1.32 bits per heavy atom. The van der Waals surface area contributed by atoms with Crippen LogP contribution < -0.4 is 5.32 Å². The zero-order valence-corrected chi connectivity index (χ0v) is 11.6. The number of amides is 1. The molecule has 0 saturated heterocycles. The van der Waals surface area contributed by atoms with Crippen LogP contribution in [-0.2, 0) is 9.53 Å². The van der Waals surface area contributed by atoms with Crippen molar-refractivity contribution in [1.82, 2.24) is 5.32 Å². The van der Waals surface area contributed by atoms with Crippen molar-refractivity contribution in [2.75, 3.05) is 0 Å². The number of nitrogens with one attached hydrogen (secondary N) is 1. The van der Waals surface area contributed by atoms with Crippen molar-refractivity contribution < 1.29 is 19.4 Å². The van der Waals surface area contributed by atoms with Gasteiger partial charge in [-0.05, 0) is 33.3 Å². The molecular formula is C14H19NO4. The smallest absolute Gasteiger partial charge is 0.408 e. The van der Waals surface area contributed by atoms with Crippen LogP contribution in [0.3, 0.4) is 0 Å². The minimum Gasteiger partial charge on any atom is -0.479 e. The van der Waals surface area contributed by atoms with Crippen molar-refractivity contribution in [3.63, 3.8) is 0 Å². The predicted molar refractivity (Wildman–Crippen MR) is 70.9 cm³/mol. The first kappa shape index (κ1) is 15.0. The van der Waals surface area contributed by atoms with Gasteiger partial charge in [0, 0.05) is 0 Å². The summed E-state index contributed by atoms with van der Waals surface area (Å²) in [5.41, 5.74) is 0.771. The van der Waals surface area contributed by atoms with Crippen molar-refractivity contribution in [2.24, 2.45) is 0 Å². The molecule has 0 aliphatic rings. The first-order valence-corrected chi connectivity index (χ1v) is 5.98. The molecule has 5 heteroatoms. The number of hydrogen-bond acceptors (Lipinski definition) is 3. The Hall–Kier alpha value is -2.04. The van der Waals surface area contributed by atoms with Crippen LogP contribution in [-0.4, -0.2) is 22.8 Å². The zero-order valence-electron chi connectivity index (χ0n) is 11.6. The second-order valence-corrected chi connectivity index (χ2v) is 5.33. The molecule has 5 nitrogen and oxygen atoms in total. The van der Waals surface area contributed by atoms with Crippen molar-refractivity contribution in [1.29, 1.82) is 0 Å². The first-order chi connectivity index (χ1) is 8.69. The second-order valence-electron chi connectivity index (χ2n) is 5.33. The highest BCUT2D eigenvalue weighted by Gasteiger charge is 2.25. The summed E-state index contributed by atoms with van der Waals surface area (Å²) in [6, 6.07) is 5.86. The summed E-state index contributed by atoms with van der Waals surface area (Å²) in [4.78, 5) is 22.9. The quantitative estimate of drug-likeness (QED) is 0.881. The van der Waals surface area contributed by atoms with Crippen LogP contribution in [0.15, 0.2) is 24.3 Å². The zero-order chi connectivity index (χ0) is 14.6. The van der Waals surface area contributed by atoms with E-state index in [0.29, 0.717) is 5.56 Å². The number of rotatable bonds is 3. The van der Waals surface area contributed by atoms with Crippen LogP contribution in [0.1, 0.15) is 37.9 Å². The molecule has 0 aliphatic carbocycles. The Morgan fingerprint density at radius 3 is 2.42 bits per heavy atom. The number of ether oxygens (including phenoxy) is 1. The molecule has 1 aromatic rings. The summed E-state index contributed by atoms with van der Waals surface area (Å²) in [5.74, 6) is -1.13. The molecule has 0 bridgehead atoms. The predicted octanol–water partition coefficient (Wildman–Crippen LogP) is 2.65. The minimum absolute atomic E-state index is 0.512. The third-order valence-electron chi connectivity index (χ3n) is 2.28. The van der Waals surface area contributed by atoms with Gasteiger partial charge in [-0.15, -0.1) is 0 Å². The van der Waals surface area contributed by atoms with Gasteiger partial charge in [0.2, 0.25) is 0 Å². The molecule has 0 aromatic heterocycles. The van der Waals surface area contributed by atoms with E-state index in [1.807, 2.05) is 13.0 Å². The molecule has 0 unspecified atom stereocenters. The second kappa shape index (κ2) is 5.73. The normalized spacial score (nSPS) is 12.6. The molecule has 0 aliphatic heterocycles. The lowest BCUT2D eigenvalue weighted by Crippen LogP contribution is -2.38. The Kier molecular flexibility index (Phi) is 4.53. The van der Waals surface area contributed by atoms with Gasteiger partial charge in [-0.1, -0.05) is 29.8 Å². The molecule has 0 fully saturated rings. The van der Waals surface area contributed by atoms with Gasteiger partial charge in [-0.2, -0.15) is 0 Å². The van der Waals surface area contributed by atoms with E-state index >= 15 is 0 Å². The van der Waals surface area contributed by atoms with Gasteiger partial charge in [0.1, 0.15) is 5.60 Å². The molecule has 0 heterocycles. The molecule has 1 aromatic carbocycles. The van der Waals surface area contributed by atoms with Gasteiger partial charge >= 0.3 is 12.1 Å². The largest absolute Gasteiger partial charge is 0.479 e. The van der Waals surface area contributed by atoms with Crippen molar-refractivity contribution in [3.8, 4) is 0 Å². The van der Waals surface area contributed by atoms with Crippen LogP contribution in [0.4, 0.5) is 4.79 Å². The Balaban J connectivity index is 2.85. The molecular weight excluding hydrogens is 246 g/mol. The van der Waals surface area contributed by atoms with Gasteiger partial charge in [-0.3, -0.25) is 0 Å². The summed E-state index contributed by atoms with van der Waals surface area (Å²) >= 11 is 0. The summed E-state index contributed by atoms with van der Waals surface area (Å²) in [6.45, 7) is 7.01. The Labute approximate surface area is 112 Å². The summed E-state index contributed by atoms with van der Waals surface area (Å²) in [5, 5.41) is 11.6. The first-order valence-electron chi connectivity index (χ1n) is 5.98. The number of aryl methyl sites for hydroxylation is 1.